The van der Waals surface area contributed by atoms with Crippen LogP contribution in [0.3, 0.4) is 0 Å². The molecule has 2 N–H and O–H groups in total. The van der Waals surface area contributed by atoms with E-state index in [4.69, 9.17) is 0 Å². The van der Waals surface area contributed by atoms with Crippen LogP contribution in [0.4, 0.5) is 10.8 Å². The van der Waals surface area contributed by atoms with Gasteiger partial charge in [-0.15, -0.1) is 10.2 Å². The Hall–Kier alpha value is -2.53. The molecule has 0 spiro atoms. The van der Waals surface area contributed by atoms with E-state index in [0.717, 1.165) is 37.0 Å². The number of hydrogen-bond donors (Lipinski definition) is 2. The maximum absolute atomic E-state index is 12.3. The van der Waals surface area contributed by atoms with Crippen molar-refractivity contribution in [1.82, 2.24) is 15.5 Å². The third-order valence-electron chi connectivity index (χ3n) is 4.27. The van der Waals surface area contributed by atoms with Gasteiger partial charge in [-0.3, -0.25) is 25.0 Å². The molecule has 2 aromatic rings. The Bertz CT molecular complexity index is 867. The summed E-state index contributed by atoms with van der Waals surface area (Å²) in [7, 11) is 0. The fraction of sp³-hybridized carbons (Fsp3) is 0.412. The first-order chi connectivity index (χ1) is 13.5. The Morgan fingerprint density at radius 2 is 1.96 bits per heavy atom. The second-order valence-electron chi connectivity index (χ2n) is 6.29. The summed E-state index contributed by atoms with van der Waals surface area (Å²) in [6, 6.07) is 5.94. The number of nitro groups is 1. The van der Waals surface area contributed by atoms with E-state index in [0.29, 0.717) is 4.34 Å². The second-order valence-corrected chi connectivity index (χ2v) is 8.49. The molecule has 9 nitrogen and oxygen atoms in total. The SMILES string of the molecule is O=C(CSc1nnc(NC(=O)c2ccccc2[N+](=O)[O-])s1)NC1CCCCC1. The summed E-state index contributed by atoms with van der Waals surface area (Å²) in [4.78, 5) is 34.8. The zero-order valence-corrected chi connectivity index (χ0v) is 16.6. The van der Waals surface area contributed by atoms with Gasteiger partial charge in [0.05, 0.1) is 10.7 Å². The van der Waals surface area contributed by atoms with Gasteiger partial charge in [0.1, 0.15) is 5.56 Å². The average molecular weight is 422 g/mol. The molecule has 148 valence electrons. The van der Waals surface area contributed by atoms with E-state index in [1.54, 1.807) is 6.07 Å². The van der Waals surface area contributed by atoms with Crippen molar-refractivity contribution in [3.8, 4) is 0 Å². The van der Waals surface area contributed by atoms with Crippen LogP contribution in [0.5, 0.6) is 0 Å². The van der Waals surface area contributed by atoms with E-state index in [-0.39, 0.29) is 34.1 Å². The fourth-order valence-electron chi connectivity index (χ4n) is 2.95. The van der Waals surface area contributed by atoms with Crippen molar-refractivity contribution in [2.45, 2.75) is 42.5 Å². The summed E-state index contributed by atoms with van der Waals surface area (Å²) in [5.74, 6) is -0.448. The van der Waals surface area contributed by atoms with Gasteiger partial charge in [0.2, 0.25) is 11.0 Å². The van der Waals surface area contributed by atoms with Crippen LogP contribution in [-0.4, -0.2) is 38.7 Å². The van der Waals surface area contributed by atoms with Crippen molar-refractivity contribution < 1.29 is 14.5 Å². The minimum absolute atomic E-state index is 0.0439. The molecule has 0 saturated heterocycles. The van der Waals surface area contributed by atoms with Gasteiger partial charge in [-0.2, -0.15) is 0 Å². The predicted molar refractivity (Wildman–Crippen MR) is 107 cm³/mol. The third-order valence-corrected chi connectivity index (χ3v) is 6.24. The molecule has 11 heteroatoms. The lowest BCUT2D eigenvalue weighted by atomic mass is 9.95. The molecule has 1 aliphatic carbocycles. The van der Waals surface area contributed by atoms with Crippen LogP contribution in [-0.2, 0) is 4.79 Å². The maximum atomic E-state index is 12.3. The number of aromatic nitrogens is 2. The van der Waals surface area contributed by atoms with E-state index in [1.165, 1.54) is 36.4 Å². The number of thioether (sulfide) groups is 1. The van der Waals surface area contributed by atoms with Crippen molar-refractivity contribution in [2.24, 2.45) is 0 Å². The fourth-order valence-corrected chi connectivity index (χ4v) is 4.51. The van der Waals surface area contributed by atoms with Crippen molar-refractivity contribution in [1.29, 1.82) is 0 Å². The number of para-hydroxylation sites is 1. The minimum Gasteiger partial charge on any atom is -0.353 e. The van der Waals surface area contributed by atoms with Gasteiger partial charge in [0.25, 0.3) is 11.6 Å². The Balaban J connectivity index is 1.52. The first kappa shape index (κ1) is 20.2. The highest BCUT2D eigenvalue weighted by atomic mass is 32.2. The number of nitro benzene ring substituents is 1. The number of anilines is 1. The number of nitrogens with one attached hydrogen (secondary N) is 2. The lowest BCUT2D eigenvalue weighted by molar-refractivity contribution is -0.385. The summed E-state index contributed by atoms with van der Waals surface area (Å²) in [5, 5.41) is 24.6. The molecule has 0 atom stereocenters. The summed E-state index contributed by atoms with van der Waals surface area (Å²) in [5.41, 5.74) is -0.331. The Morgan fingerprint density at radius 1 is 1.21 bits per heavy atom. The van der Waals surface area contributed by atoms with Gasteiger partial charge in [0, 0.05) is 12.1 Å². The molecule has 28 heavy (non-hydrogen) atoms. The van der Waals surface area contributed by atoms with Gasteiger partial charge >= 0.3 is 0 Å². The smallest absolute Gasteiger partial charge is 0.282 e. The highest BCUT2D eigenvalue weighted by Crippen LogP contribution is 2.27. The van der Waals surface area contributed by atoms with E-state index in [2.05, 4.69) is 20.8 Å². The van der Waals surface area contributed by atoms with E-state index < -0.39 is 10.8 Å². The third kappa shape index (κ3) is 5.49. The van der Waals surface area contributed by atoms with Crippen molar-refractivity contribution in [3.05, 3.63) is 39.9 Å². The Kier molecular flexibility index (Phi) is 6.93. The monoisotopic (exact) mass is 421 g/mol. The van der Waals surface area contributed by atoms with Crippen LogP contribution in [0.2, 0.25) is 0 Å². The number of hydrogen-bond acceptors (Lipinski definition) is 8. The molecule has 0 radical (unpaired) electrons. The highest BCUT2D eigenvalue weighted by molar-refractivity contribution is 8.01. The summed E-state index contributed by atoms with van der Waals surface area (Å²) < 4.78 is 0.539. The lowest BCUT2D eigenvalue weighted by Crippen LogP contribution is -2.37. The molecule has 1 saturated carbocycles. The van der Waals surface area contributed by atoms with Gasteiger partial charge in [0.15, 0.2) is 4.34 Å². The Morgan fingerprint density at radius 3 is 2.71 bits per heavy atom. The normalized spacial score (nSPS) is 14.4. The average Bonchev–Trinajstić information content (AvgIpc) is 3.14. The lowest BCUT2D eigenvalue weighted by Gasteiger charge is -2.22. The van der Waals surface area contributed by atoms with Crippen LogP contribution in [0, 0.1) is 10.1 Å². The van der Waals surface area contributed by atoms with Gasteiger partial charge < -0.3 is 5.32 Å². The molecular formula is C17H19N5O4S2. The number of amides is 2. The van der Waals surface area contributed by atoms with E-state index in [9.17, 15) is 19.7 Å². The largest absolute Gasteiger partial charge is 0.353 e. The molecule has 1 heterocycles. The zero-order chi connectivity index (χ0) is 19.9. The molecule has 0 bridgehead atoms. The second kappa shape index (κ2) is 9.60. The van der Waals surface area contributed by atoms with Crippen LogP contribution >= 0.6 is 23.1 Å². The van der Waals surface area contributed by atoms with Gasteiger partial charge in [-0.25, -0.2) is 0 Å². The quantitative estimate of drug-likeness (QED) is 0.304. The molecule has 0 aliphatic heterocycles. The summed E-state index contributed by atoms with van der Waals surface area (Å²) >= 11 is 2.36. The summed E-state index contributed by atoms with van der Waals surface area (Å²) in [6.07, 6.45) is 5.58. The highest BCUT2D eigenvalue weighted by Gasteiger charge is 2.21. The molecule has 1 aliphatic rings. The van der Waals surface area contributed by atoms with Gasteiger partial charge in [-0.05, 0) is 18.9 Å². The molecule has 1 aromatic carbocycles. The molecular weight excluding hydrogens is 402 g/mol. The number of benzene rings is 1. The number of carbonyl (C=O) groups is 2. The standard InChI is InChI=1S/C17H19N5O4S2/c23-14(18-11-6-2-1-3-7-11)10-27-17-21-20-16(28-17)19-15(24)12-8-4-5-9-13(12)22(25)26/h4-5,8-9,11H,1-3,6-7,10H2,(H,18,23)(H,19,20,24). The molecule has 2 amide bonds. The van der Waals surface area contributed by atoms with E-state index >= 15 is 0 Å². The molecule has 0 unspecified atom stereocenters. The van der Waals surface area contributed by atoms with Crippen molar-refractivity contribution in [3.63, 3.8) is 0 Å². The van der Waals surface area contributed by atoms with Crippen LogP contribution in [0.15, 0.2) is 28.6 Å². The molecule has 3 rings (SSSR count). The van der Waals surface area contributed by atoms with Crippen LogP contribution < -0.4 is 10.6 Å². The Labute approximate surface area is 169 Å². The maximum Gasteiger partial charge on any atom is 0.282 e. The molecule has 1 fully saturated rings. The number of rotatable bonds is 7. The number of nitrogens with zero attached hydrogens (tertiary/aromatic N) is 3. The van der Waals surface area contributed by atoms with Crippen LogP contribution in [0.25, 0.3) is 0 Å². The minimum atomic E-state index is -0.630. The zero-order valence-electron chi connectivity index (χ0n) is 14.9. The first-order valence-electron chi connectivity index (χ1n) is 8.83. The molecule has 1 aromatic heterocycles. The topological polar surface area (TPSA) is 127 Å². The predicted octanol–water partition coefficient (Wildman–Crippen LogP) is 3.24. The van der Waals surface area contributed by atoms with Crippen molar-refractivity contribution >= 4 is 45.7 Å². The first-order valence-corrected chi connectivity index (χ1v) is 10.6. The number of carbonyl (C=O) groups excluding carboxylic acids is 2. The van der Waals surface area contributed by atoms with E-state index in [1.807, 2.05) is 0 Å². The van der Waals surface area contributed by atoms with Crippen molar-refractivity contribution in [2.75, 3.05) is 11.1 Å². The summed E-state index contributed by atoms with van der Waals surface area (Å²) in [6.45, 7) is 0. The van der Waals surface area contributed by atoms with Gasteiger partial charge in [-0.1, -0.05) is 54.5 Å². The van der Waals surface area contributed by atoms with Crippen LogP contribution in [0.1, 0.15) is 42.5 Å².